The van der Waals surface area contributed by atoms with Gasteiger partial charge in [-0.2, -0.15) is 4.31 Å². The predicted octanol–water partition coefficient (Wildman–Crippen LogP) is 1.60. The molecular weight excluding hydrogens is 327 g/mol. The molecule has 124 valence electrons. The molecule has 23 heavy (non-hydrogen) atoms. The highest BCUT2D eigenvalue weighted by Gasteiger charge is 2.27. The fourth-order valence-corrected chi connectivity index (χ4v) is 3.15. The van der Waals surface area contributed by atoms with Gasteiger partial charge in [0.1, 0.15) is 11.6 Å². The summed E-state index contributed by atoms with van der Waals surface area (Å²) in [6.45, 7) is 1.18. The number of imidazole rings is 1. The molecule has 10 heteroatoms. The molecule has 0 N–H and O–H groups in total. The lowest BCUT2D eigenvalue weighted by atomic mass is 10.2. The summed E-state index contributed by atoms with van der Waals surface area (Å²) in [7, 11) is -1.08. The summed E-state index contributed by atoms with van der Waals surface area (Å²) in [5.41, 5.74) is -0.783. The number of nitro groups is 1. The second-order valence-electron chi connectivity index (χ2n) is 5.02. The van der Waals surface area contributed by atoms with Crippen LogP contribution < -0.4 is 0 Å². The number of halogens is 1. The van der Waals surface area contributed by atoms with Gasteiger partial charge in [0, 0.05) is 32.6 Å². The van der Waals surface area contributed by atoms with Gasteiger partial charge in [-0.15, -0.1) is 0 Å². The summed E-state index contributed by atoms with van der Waals surface area (Å²) in [5, 5.41) is 10.9. The molecule has 0 fully saturated rings. The zero-order chi connectivity index (χ0) is 17.4. The van der Waals surface area contributed by atoms with Crippen LogP contribution in [0, 0.1) is 22.9 Å². The highest BCUT2D eigenvalue weighted by molar-refractivity contribution is 7.89. The topological polar surface area (TPSA) is 98.3 Å². The van der Waals surface area contributed by atoms with Crippen LogP contribution in [0.15, 0.2) is 29.4 Å². The van der Waals surface area contributed by atoms with Crippen LogP contribution in [0.5, 0.6) is 0 Å². The molecule has 0 saturated carbocycles. The van der Waals surface area contributed by atoms with Crippen molar-refractivity contribution in [3.63, 3.8) is 0 Å². The number of benzene rings is 1. The van der Waals surface area contributed by atoms with Gasteiger partial charge < -0.3 is 4.57 Å². The molecule has 0 radical (unpaired) electrons. The summed E-state index contributed by atoms with van der Waals surface area (Å²) in [6.07, 6.45) is 3.18. The number of rotatable bonds is 5. The molecule has 0 bridgehead atoms. The van der Waals surface area contributed by atoms with Crippen LogP contribution in [-0.2, 0) is 23.6 Å². The van der Waals surface area contributed by atoms with Crippen molar-refractivity contribution < 1.29 is 17.7 Å². The molecule has 1 aromatic carbocycles. The second-order valence-corrected chi connectivity index (χ2v) is 7.07. The van der Waals surface area contributed by atoms with Crippen molar-refractivity contribution >= 4 is 15.7 Å². The van der Waals surface area contributed by atoms with E-state index in [9.17, 15) is 22.9 Å². The van der Waals surface area contributed by atoms with Crippen LogP contribution in [0.4, 0.5) is 10.1 Å². The monoisotopic (exact) mass is 342 g/mol. The van der Waals surface area contributed by atoms with Gasteiger partial charge in [-0.05, 0) is 13.0 Å². The highest BCUT2D eigenvalue weighted by atomic mass is 32.2. The van der Waals surface area contributed by atoms with E-state index in [2.05, 4.69) is 4.98 Å². The van der Waals surface area contributed by atoms with E-state index in [4.69, 9.17) is 0 Å². The largest absolute Gasteiger partial charge is 0.337 e. The van der Waals surface area contributed by atoms with Crippen LogP contribution in [0.2, 0.25) is 0 Å². The number of sulfonamides is 1. The minimum absolute atomic E-state index is 0.0465. The molecule has 1 heterocycles. The van der Waals surface area contributed by atoms with Gasteiger partial charge in [0.15, 0.2) is 0 Å². The third kappa shape index (κ3) is 3.22. The predicted molar refractivity (Wildman–Crippen MR) is 79.7 cm³/mol. The maximum Gasteiger partial charge on any atom is 0.276 e. The lowest BCUT2D eigenvalue weighted by molar-refractivity contribution is -0.385. The number of nitrogens with zero attached hydrogens (tertiary/aromatic N) is 4. The number of aryl methyl sites for hydroxylation is 1. The van der Waals surface area contributed by atoms with E-state index in [0.29, 0.717) is 5.82 Å². The Morgan fingerprint density at radius 2 is 2.09 bits per heavy atom. The van der Waals surface area contributed by atoms with Crippen LogP contribution in [0.3, 0.4) is 0 Å². The first-order chi connectivity index (χ1) is 10.6. The fraction of sp³-hybridized carbons (Fsp3) is 0.308. The molecule has 0 aliphatic rings. The first kappa shape index (κ1) is 17.0. The van der Waals surface area contributed by atoms with Gasteiger partial charge in [0.2, 0.25) is 10.0 Å². The molecule has 2 aromatic rings. The standard InChI is InChI=1S/C13H15FN4O4S/c1-9-11(14)6-10(7-12(9)18(19)20)23(21,22)17(3)8-13-15-4-5-16(13)2/h4-7H,8H2,1-3H3. The molecule has 8 nitrogen and oxygen atoms in total. The second kappa shape index (κ2) is 6.05. The fourth-order valence-electron chi connectivity index (χ4n) is 1.99. The Labute approximate surface area is 132 Å². The van der Waals surface area contributed by atoms with E-state index in [-0.39, 0.29) is 12.1 Å². The van der Waals surface area contributed by atoms with Crippen LogP contribution >= 0.6 is 0 Å². The first-order valence-electron chi connectivity index (χ1n) is 6.51. The molecule has 0 atom stereocenters. The Hall–Kier alpha value is -2.33. The summed E-state index contributed by atoms with van der Waals surface area (Å²) in [4.78, 5) is 13.7. The van der Waals surface area contributed by atoms with Crippen LogP contribution in [0.1, 0.15) is 11.4 Å². The third-order valence-electron chi connectivity index (χ3n) is 3.48. The minimum Gasteiger partial charge on any atom is -0.337 e. The summed E-state index contributed by atoms with van der Waals surface area (Å²) in [6, 6.07) is 1.65. The normalized spacial score (nSPS) is 11.9. The van der Waals surface area contributed by atoms with Gasteiger partial charge in [0.05, 0.1) is 21.9 Å². The Morgan fingerprint density at radius 3 is 2.61 bits per heavy atom. The molecule has 0 saturated heterocycles. The van der Waals surface area contributed by atoms with Gasteiger partial charge in [-0.25, -0.2) is 17.8 Å². The Morgan fingerprint density at radius 1 is 1.43 bits per heavy atom. The average Bonchev–Trinajstić information content (AvgIpc) is 2.86. The third-order valence-corrected chi connectivity index (χ3v) is 5.26. The lowest BCUT2D eigenvalue weighted by Crippen LogP contribution is -2.28. The summed E-state index contributed by atoms with van der Waals surface area (Å²) in [5.74, 6) is -0.457. The van der Waals surface area contributed by atoms with Crippen LogP contribution in [-0.4, -0.2) is 34.2 Å². The van der Waals surface area contributed by atoms with Gasteiger partial charge in [-0.3, -0.25) is 10.1 Å². The van der Waals surface area contributed by atoms with Crippen molar-refractivity contribution in [3.8, 4) is 0 Å². The van der Waals surface area contributed by atoms with Crippen molar-refractivity contribution in [2.24, 2.45) is 7.05 Å². The maximum atomic E-state index is 13.8. The SMILES string of the molecule is Cc1c(F)cc(S(=O)(=O)N(C)Cc2nccn2C)cc1[N+](=O)[O-]. The Bertz CT molecular complexity index is 863. The van der Waals surface area contributed by atoms with Crippen molar-refractivity contribution in [1.29, 1.82) is 0 Å². The summed E-state index contributed by atoms with van der Waals surface area (Å²) < 4.78 is 41.5. The molecule has 0 aliphatic carbocycles. The number of hydrogen-bond acceptors (Lipinski definition) is 5. The number of aromatic nitrogens is 2. The smallest absolute Gasteiger partial charge is 0.276 e. The molecule has 0 spiro atoms. The molecule has 2 rings (SSSR count). The van der Waals surface area contributed by atoms with Gasteiger partial charge >= 0.3 is 0 Å². The van der Waals surface area contributed by atoms with E-state index in [1.54, 1.807) is 17.8 Å². The summed E-state index contributed by atoms with van der Waals surface area (Å²) >= 11 is 0. The number of nitro benzene ring substituents is 1. The van der Waals surface area contributed by atoms with E-state index < -0.39 is 31.3 Å². The zero-order valence-electron chi connectivity index (χ0n) is 12.7. The van der Waals surface area contributed by atoms with Gasteiger partial charge in [-0.1, -0.05) is 0 Å². The van der Waals surface area contributed by atoms with Crippen molar-refractivity contribution in [3.05, 3.63) is 51.8 Å². The Kier molecular flexibility index (Phi) is 4.48. The molecule has 0 amide bonds. The van der Waals surface area contributed by atoms with E-state index in [0.717, 1.165) is 16.4 Å². The van der Waals surface area contributed by atoms with E-state index in [1.165, 1.54) is 20.2 Å². The molecule has 1 aromatic heterocycles. The quantitative estimate of drug-likeness (QED) is 0.607. The Balaban J connectivity index is 2.43. The number of hydrogen-bond donors (Lipinski definition) is 0. The van der Waals surface area contributed by atoms with Crippen molar-refractivity contribution in [2.75, 3.05) is 7.05 Å². The molecule has 0 unspecified atom stereocenters. The first-order valence-corrected chi connectivity index (χ1v) is 7.95. The maximum absolute atomic E-state index is 13.8. The zero-order valence-corrected chi connectivity index (χ0v) is 13.5. The van der Waals surface area contributed by atoms with Gasteiger partial charge in [0.25, 0.3) is 5.69 Å². The lowest BCUT2D eigenvalue weighted by Gasteiger charge is -2.17. The highest BCUT2D eigenvalue weighted by Crippen LogP contribution is 2.27. The minimum atomic E-state index is -4.09. The molecular formula is C13H15FN4O4S. The molecule has 0 aliphatic heterocycles. The van der Waals surface area contributed by atoms with Crippen molar-refractivity contribution in [2.45, 2.75) is 18.4 Å². The van der Waals surface area contributed by atoms with Crippen LogP contribution in [0.25, 0.3) is 0 Å². The average molecular weight is 342 g/mol. The van der Waals surface area contributed by atoms with Crippen molar-refractivity contribution in [1.82, 2.24) is 13.9 Å². The van der Waals surface area contributed by atoms with E-state index in [1.807, 2.05) is 0 Å². The van der Waals surface area contributed by atoms with E-state index >= 15 is 0 Å².